The molecule has 1 aliphatic heterocycles. The van der Waals surface area contributed by atoms with Gasteiger partial charge in [0.05, 0.1) is 20.3 Å². The molecule has 4 heteroatoms. The fourth-order valence-electron chi connectivity index (χ4n) is 2.72. The highest BCUT2D eigenvalue weighted by Gasteiger charge is 2.10. The second kappa shape index (κ2) is 7.47. The van der Waals surface area contributed by atoms with Crippen molar-refractivity contribution < 1.29 is 13.9 Å². The molecule has 1 fully saturated rings. The van der Waals surface area contributed by atoms with Gasteiger partial charge in [0.15, 0.2) is 0 Å². The van der Waals surface area contributed by atoms with E-state index in [2.05, 4.69) is 11.0 Å². The lowest BCUT2D eigenvalue weighted by atomic mass is 10.2. The van der Waals surface area contributed by atoms with Gasteiger partial charge in [0.2, 0.25) is 0 Å². The van der Waals surface area contributed by atoms with Gasteiger partial charge in [0, 0.05) is 25.1 Å². The first-order valence-corrected chi connectivity index (χ1v) is 7.88. The first-order valence-electron chi connectivity index (χ1n) is 7.88. The maximum atomic E-state index is 5.95. The summed E-state index contributed by atoms with van der Waals surface area (Å²) in [7, 11) is 1.68. The minimum absolute atomic E-state index is 0.862. The number of nitrogens with zero attached hydrogens (tertiary/aromatic N) is 1. The number of furan rings is 1. The van der Waals surface area contributed by atoms with Gasteiger partial charge in [-0.2, -0.15) is 0 Å². The molecule has 118 valence electrons. The Bertz CT molecular complexity index is 570. The Morgan fingerprint density at radius 2 is 1.82 bits per heavy atom. The lowest BCUT2D eigenvalue weighted by Crippen LogP contribution is -2.36. The van der Waals surface area contributed by atoms with Crippen LogP contribution in [0.3, 0.4) is 0 Å². The van der Waals surface area contributed by atoms with Crippen LogP contribution >= 0.6 is 0 Å². The third-order valence-corrected chi connectivity index (χ3v) is 4.04. The number of methoxy groups -OCH3 is 1. The fraction of sp³-hybridized carbons (Fsp3) is 0.444. The van der Waals surface area contributed by atoms with Gasteiger partial charge in [0.25, 0.3) is 0 Å². The molecule has 0 atom stereocenters. The number of morpholine rings is 1. The second-order valence-corrected chi connectivity index (χ2v) is 5.55. The number of hydrogen-bond acceptors (Lipinski definition) is 4. The Labute approximate surface area is 131 Å². The normalized spacial score (nSPS) is 15.9. The average molecular weight is 301 g/mol. The average Bonchev–Trinajstić information content (AvgIpc) is 3.05. The molecule has 2 aromatic rings. The third kappa shape index (κ3) is 3.90. The zero-order valence-electron chi connectivity index (χ0n) is 13.1. The van der Waals surface area contributed by atoms with Crippen LogP contribution in [0.5, 0.6) is 5.75 Å². The van der Waals surface area contributed by atoms with Crippen LogP contribution in [-0.4, -0.2) is 44.9 Å². The zero-order chi connectivity index (χ0) is 15.2. The minimum Gasteiger partial charge on any atom is -0.497 e. The molecular weight excluding hydrogens is 278 g/mol. The number of aryl methyl sites for hydroxylation is 1. The van der Waals surface area contributed by atoms with E-state index in [1.807, 2.05) is 30.3 Å². The second-order valence-electron chi connectivity index (χ2n) is 5.55. The molecule has 1 aromatic carbocycles. The first kappa shape index (κ1) is 15.1. The molecule has 3 rings (SSSR count). The van der Waals surface area contributed by atoms with E-state index >= 15 is 0 Å². The molecule has 0 unspecified atom stereocenters. The van der Waals surface area contributed by atoms with Crippen LogP contribution in [0, 0.1) is 0 Å². The molecule has 0 radical (unpaired) electrons. The molecule has 0 amide bonds. The van der Waals surface area contributed by atoms with Crippen LogP contribution in [-0.2, 0) is 11.2 Å². The fourth-order valence-corrected chi connectivity index (χ4v) is 2.72. The Kier molecular flexibility index (Phi) is 5.14. The van der Waals surface area contributed by atoms with E-state index in [-0.39, 0.29) is 0 Å². The SMILES string of the molecule is COc1ccc(-c2ccc(CCCN3CCOCC3)o2)cc1. The molecule has 1 aliphatic rings. The van der Waals surface area contributed by atoms with Crippen LogP contribution in [0.4, 0.5) is 0 Å². The molecule has 2 heterocycles. The minimum atomic E-state index is 0.862. The highest BCUT2D eigenvalue weighted by atomic mass is 16.5. The van der Waals surface area contributed by atoms with E-state index in [4.69, 9.17) is 13.9 Å². The van der Waals surface area contributed by atoms with Crippen molar-refractivity contribution in [2.24, 2.45) is 0 Å². The molecule has 0 aliphatic carbocycles. The maximum Gasteiger partial charge on any atom is 0.134 e. The standard InChI is InChI=1S/C18H23NO3/c1-20-16-6-4-15(5-7-16)18-9-8-17(22-18)3-2-10-19-11-13-21-14-12-19/h4-9H,2-3,10-14H2,1H3. The van der Waals surface area contributed by atoms with Crippen LogP contribution in [0.25, 0.3) is 11.3 Å². The van der Waals surface area contributed by atoms with Crippen molar-refractivity contribution in [1.29, 1.82) is 0 Å². The summed E-state index contributed by atoms with van der Waals surface area (Å²) in [6.45, 7) is 4.94. The Morgan fingerprint density at radius 1 is 1.05 bits per heavy atom. The summed E-state index contributed by atoms with van der Waals surface area (Å²) in [5.74, 6) is 2.84. The summed E-state index contributed by atoms with van der Waals surface area (Å²) < 4.78 is 16.5. The summed E-state index contributed by atoms with van der Waals surface area (Å²) in [5.41, 5.74) is 1.08. The van der Waals surface area contributed by atoms with Crippen molar-refractivity contribution in [2.45, 2.75) is 12.8 Å². The van der Waals surface area contributed by atoms with E-state index < -0.39 is 0 Å². The van der Waals surface area contributed by atoms with Gasteiger partial charge in [-0.25, -0.2) is 0 Å². The lowest BCUT2D eigenvalue weighted by Gasteiger charge is -2.26. The Hall–Kier alpha value is -1.78. The van der Waals surface area contributed by atoms with E-state index in [9.17, 15) is 0 Å². The quantitative estimate of drug-likeness (QED) is 0.820. The van der Waals surface area contributed by atoms with Crippen LogP contribution in [0.15, 0.2) is 40.8 Å². The van der Waals surface area contributed by atoms with E-state index in [1.165, 1.54) is 0 Å². The molecule has 0 N–H and O–H groups in total. The van der Waals surface area contributed by atoms with Crippen molar-refractivity contribution in [3.05, 3.63) is 42.2 Å². The number of rotatable bonds is 6. The Balaban J connectivity index is 1.51. The zero-order valence-corrected chi connectivity index (χ0v) is 13.1. The van der Waals surface area contributed by atoms with Gasteiger partial charge in [0.1, 0.15) is 17.3 Å². The number of benzene rings is 1. The summed E-state index contributed by atoms with van der Waals surface area (Å²) in [5, 5.41) is 0. The van der Waals surface area contributed by atoms with Gasteiger partial charge in [-0.1, -0.05) is 0 Å². The van der Waals surface area contributed by atoms with Gasteiger partial charge >= 0.3 is 0 Å². The van der Waals surface area contributed by atoms with Gasteiger partial charge in [-0.05, 0) is 49.4 Å². The van der Waals surface area contributed by atoms with Crippen molar-refractivity contribution in [1.82, 2.24) is 4.90 Å². The van der Waals surface area contributed by atoms with Gasteiger partial charge in [-0.3, -0.25) is 4.90 Å². The van der Waals surface area contributed by atoms with Gasteiger partial charge in [-0.15, -0.1) is 0 Å². The maximum absolute atomic E-state index is 5.95. The Morgan fingerprint density at radius 3 is 2.55 bits per heavy atom. The summed E-state index contributed by atoms with van der Waals surface area (Å²) in [4.78, 5) is 2.46. The predicted molar refractivity (Wildman–Crippen MR) is 86.3 cm³/mol. The molecular formula is C18H23NO3. The first-order chi connectivity index (χ1) is 10.8. The number of ether oxygens (including phenoxy) is 2. The smallest absolute Gasteiger partial charge is 0.134 e. The van der Waals surface area contributed by atoms with Gasteiger partial charge < -0.3 is 13.9 Å². The van der Waals surface area contributed by atoms with Crippen molar-refractivity contribution in [3.63, 3.8) is 0 Å². The third-order valence-electron chi connectivity index (χ3n) is 4.04. The molecule has 0 bridgehead atoms. The molecule has 1 aromatic heterocycles. The summed E-state index contributed by atoms with van der Waals surface area (Å²) >= 11 is 0. The summed E-state index contributed by atoms with van der Waals surface area (Å²) in [6, 6.07) is 12.1. The van der Waals surface area contributed by atoms with Crippen molar-refractivity contribution >= 4 is 0 Å². The largest absolute Gasteiger partial charge is 0.497 e. The molecule has 4 nitrogen and oxygen atoms in total. The summed E-state index contributed by atoms with van der Waals surface area (Å²) in [6.07, 6.45) is 2.10. The van der Waals surface area contributed by atoms with Crippen molar-refractivity contribution in [2.75, 3.05) is 40.0 Å². The predicted octanol–water partition coefficient (Wildman–Crippen LogP) is 3.22. The monoisotopic (exact) mass is 301 g/mol. The molecule has 22 heavy (non-hydrogen) atoms. The van der Waals surface area contributed by atoms with Crippen LogP contribution < -0.4 is 4.74 Å². The molecule has 1 saturated heterocycles. The lowest BCUT2D eigenvalue weighted by molar-refractivity contribution is 0.0373. The highest BCUT2D eigenvalue weighted by Crippen LogP contribution is 2.25. The van der Waals surface area contributed by atoms with E-state index in [0.717, 1.165) is 68.5 Å². The van der Waals surface area contributed by atoms with E-state index in [1.54, 1.807) is 7.11 Å². The van der Waals surface area contributed by atoms with Crippen LogP contribution in [0.1, 0.15) is 12.2 Å². The molecule has 0 saturated carbocycles. The van der Waals surface area contributed by atoms with Crippen molar-refractivity contribution in [3.8, 4) is 17.1 Å². The van der Waals surface area contributed by atoms with Crippen LogP contribution in [0.2, 0.25) is 0 Å². The van der Waals surface area contributed by atoms with E-state index in [0.29, 0.717) is 0 Å². The highest BCUT2D eigenvalue weighted by molar-refractivity contribution is 5.58. The molecule has 0 spiro atoms. The number of hydrogen-bond donors (Lipinski definition) is 0. The topological polar surface area (TPSA) is 34.8 Å².